The summed E-state index contributed by atoms with van der Waals surface area (Å²) in [4.78, 5) is 2.73. The summed E-state index contributed by atoms with van der Waals surface area (Å²) in [7, 11) is 0. The van der Waals surface area contributed by atoms with Crippen molar-refractivity contribution in [3.63, 3.8) is 0 Å². The van der Waals surface area contributed by atoms with Gasteiger partial charge in [0, 0.05) is 12.1 Å². The number of nitrogens with one attached hydrogen (secondary N) is 1. The van der Waals surface area contributed by atoms with Crippen LogP contribution in [0.3, 0.4) is 0 Å². The van der Waals surface area contributed by atoms with Gasteiger partial charge in [-0.2, -0.15) is 0 Å². The van der Waals surface area contributed by atoms with E-state index in [1.54, 1.807) is 0 Å². The van der Waals surface area contributed by atoms with Gasteiger partial charge in [-0.15, -0.1) is 0 Å². The zero-order valence-electron chi connectivity index (χ0n) is 12.5. The van der Waals surface area contributed by atoms with Crippen LogP contribution >= 0.6 is 0 Å². The zero-order chi connectivity index (χ0) is 12.8. The minimum Gasteiger partial charge on any atom is -0.310 e. The van der Waals surface area contributed by atoms with Crippen LogP contribution < -0.4 is 5.32 Å². The van der Waals surface area contributed by atoms with E-state index in [9.17, 15) is 0 Å². The van der Waals surface area contributed by atoms with E-state index in [-0.39, 0.29) is 0 Å². The summed E-state index contributed by atoms with van der Waals surface area (Å²) in [5, 5.41) is 3.82. The fourth-order valence-electron chi connectivity index (χ4n) is 3.40. The van der Waals surface area contributed by atoms with Crippen molar-refractivity contribution in [3.8, 4) is 0 Å². The third-order valence-electron chi connectivity index (χ3n) is 4.79. The van der Waals surface area contributed by atoms with Crippen LogP contribution in [0.15, 0.2) is 0 Å². The van der Waals surface area contributed by atoms with Crippen LogP contribution in [0.25, 0.3) is 0 Å². The second-order valence-electron chi connectivity index (χ2n) is 6.66. The van der Waals surface area contributed by atoms with E-state index in [0.717, 1.165) is 5.92 Å². The maximum atomic E-state index is 3.82. The molecule has 2 fully saturated rings. The first-order valence-corrected chi connectivity index (χ1v) is 8.22. The Morgan fingerprint density at radius 2 is 1.94 bits per heavy atom. The Morgan fingerprint density at radius 1 is 1.17 bits per heavy atom. The highest BCUT2D eigenvalue weighted by Gasteiger charge is 2.42. The van der Waals surface area contributed by atoms with E-state index in [1.807, 2.05) is 0 Å². The molecular formula is C16H32N2. The molecule has 0 bridgehead atoms. The van der Waals surface area contributed by atoms with Crippen molar-refractivity contribution in [2.75, 3.05) is 26.2 Å². The highest BCUT2D eigenvalue weighted by Crippen LogP contribution is 2.40. The van der Waals surface area contributed by atoms with Gasteiger partial charge in [0.15, 0.2) is 0 Å². The van der Waals surface area contributed by atoms with Crippen LogP contribution in [0.4, 0.5) is 0 Å². The predicted molar refractivity (Wildman–Crippen MR) is 78.9 cm³/mol. The van der Waals surface area contributed by atoms with Gasteiger partial charge in [-0.05, 0) is 58.2 Å². The van der Waals surface area contributed by atoms with Gasteiger partial charge in [-0.25, -0.2) is 0 Å². The second kappa shape index (κ2) is 6.91. The summed E-state index contributed by atoms with van der Waals surface area (Å²) in [6, 6.07) is 0. The maximum absolute atomic E-state index is 3.82. The summed E-state index contributed by atoms with van der Waals surface area (Å²) in [6.07, 6.45) is 11.3. The molecular weight excluding hydrogens is 220 g/mol. The highest BCUT2D eigenvalue weighted by molar-refractivity contribution is 5.00. The normalized spacial score (nSPS) is 30.3. The van der Waals surface area contributed by atoms with Gasteiger partial charge in [-0.1, -0.05) is 32.6 Å². The lowest BCUT2D eigenvalue weighted by molar-refractivity contribution is 0.198. The molecule has 1 saturated heterocycles. The number of rotatable bonds is 7. The molecule has 18 heavy (non-hydrogen) atoms. The minimum absolute atomic E-state index is 0.417. The SMILES string of the molecule is CCCCCCCN1CCCNC(C)(C2CC2)C1. The van der Waals surface area contributed by atoms with Crippen molar-refractivity contribution in [2.24, 2.45) is 5.92 Å². The summed E-state index contributed by atoms with van der Waals surface area (Å²) in [5.74, 6) is 0.957. The molecule has 1 N–H and O–H groups in total. The topological polar surface area (TPSA) is 15.3 Å². The molecule has 1 aliphatic heterocycles. The van der Waals surface area contributed by atoms with Crippen molar-refractivity contribution in [3.05, 3.63) is 0 Å². The lowest BCUT2D eigenvalue weighted by Gasteiger charge is -2.34. The Balaban J connectivity index is 1.70. The van der Waals surface area contributed by atoms with Gasteiger partial charge in [0.05, 0.1) is 0 Å². The molecule has 1 aliphatic carbocycles. The van der Waals surface area contributed by atoms with Crippen molar-refractivity contribution >= 4 is 0 Å². The van der Waals surface area contributed by atoms with E-state index in [0.29, 0.717) is 5.54 Å². The van der Waals surface area contributed by atoms with Crippen LogP contribution in [0, 0.1) is 5.92 Å². The third-order valence-corrected chi connectivity index (χ3v) is 4.79. The van der Waals surface area contributed by atoms with Gasteiger partial charge in [0.2, 0.25) is 0 Å². The average molecular weight is 252 g/mol. The summed E-state index contributed by atoms with van der Waals surface area (Å²) >= 11 is 0. The lowest BCUT2D eigenvalue weighted by Crippen LogP contribution is -2.51. The standard InChI is InChI=1S/C16H32N2/c1-3-4-5-6-7-12-18-13-8-11-17-16(2,14-18)15-9-10-15/h15,17H,3-14H2,1-2H3. The molecule has 0 aromatic heterocycles. The lowest BCUT2D eigenvalue weighted by atomic mass is 9.95. The van der Waals surface area contributed by atoms with Crippen molar-refractivity contribution < 1.29 is 0 Å². The Labute approximate surface area is 114 Å². The number of hydrogen-bond donors (Lipinski definition) is 1. The molecule has 2 rings (SSSR count). The predicted octanol–water partition coefficient (Wildman–Crippen LogP) is 3.42. The zero-order valence-corrected chi connectivity index (χ0v) is 12.5. The minimum atomic E-state index is 0.417. The smallest absolute Gasteiger partial charge is 0.0308 e. The molecule has 0 aromatic carbocycles. The Bertz CT molecular complexity index is 237. The summed E-state index contributed by atoms with van der Waals surface area (Å²) < 4.78 is 0. The first-order chi connectivity index (χ1) is 8.74. The molecule has 0 radical (unpaired) electrons. The van der Waals surface area contributed by atoms with Crippen molar-refractivity contribution in [2.45, 2.75) is 70.8 Å². The Kier molecular flexibility index (Phi) is 5.50. The van der Waals surface area contributed by atoms with E-state index in [2.05, 4.69) is 24.1 Å². The van der Waals surface area contributed by atoms with Gasteiger partial charge in [0.25, 0.3) is 0 Å². The molecule has 0 aromatic rings. The van der Waals surface area contributed by atoms with E-state index < -0.39 is 0 Å². The Morgan fingerprint density at radius 3 is 2.67 bits per heavy atom. The quantitative estimate of drug-likeness (QED) is 0.698. The van der Waals surface area contributed by atoms with Crippen LogP contribution in [0.1, 0.15) is 65.2 Å². The third kappa shape index (κ3) is 4.24. The van der Waals surface area contributed by atoms with Gasteiger partial charge in [0.1, 0.15) is 0 Å². The van der Waals surface area contributed by atoms with Crippen molar-refractivity contribution in [1.82, 2.24) is 10.2 Å². The van der Waals surface area contributed by atoms with Crippen LogP contribution in [-0.2, 0) is 0 Å². The average Bonchev–Trinajstić information content (AvgIpc) is 3.17. The van der Waals surface area contributed by atoms with Gasteiger partial charge < -0.3 is 10.2 Å². The monoisotopic (exact) mass is 252 g/mol. The first kappa shape index (κ1) is 14.3. The van der Waals surface area contributed by atoms with Gasteiger partial charge >= 0.3 is 0 Å². The number of hydrogen-bond acceptors (Lipinski definition) is 2. The molecule has 0 spiro atoms. The molecule has 2 heteroatoms. The molecule has 1 atom stereocenters. The molecule has 1 heterocycles. The van der Waals surface area contributed by atoms with E-state index >= 15 is 0 Å². The molecule has 2 nitrogen and oxygen atoms in total. The van der Waals surface area contributed by atoms with Crippen LogP contribution in [0.5, 0.6) is 0 Å². The maximum Gasteiger partial charge on any atom is 0.0308 e. The largest absolute Gasteiger partial charge is 0.310 e. The molecule has 2 aliphatic rings. The number of nitrogens with zero attached hydrogens (tertiary/aromatic N) is 1. The number of unbranched alkanes of at least 4 members (excludes halogenated alkanes) is 4. The molecule has 106 valence electrons. The van der Waals surface area contributed by atoms with E-state index in [4.69, 9.17) is 0 Å². The highest BCUT2D eigenvalue weighted by atomic mass is 15.2. The second-order valence-corrected chi connectivity index (χ2v) is 6.66. The fraction of sp³-hybridized carbons (Fsp3) is 1.00. The van der Waals surface area contributed by atoms with E-state index in [1.165, 1.54) is 77.5 Å². The first-order valence-electron chi connectivity index (χ1n) is 8.22. The molecule has 1 unspecified atom stereocenters. The van der Waals surface area contributed by atoms with Crippen LogP contribution in [-0.4, -0.2) is 36.6 Å². The Hall–Kier alpha value is -0.0800. The fourth-order valence-corrected chi connectivity index (χ4v) is 3.40. The summed E-state index contributed by atoms with van der Waals surface area (Å²) in [6.45, 7) is 9.89. The molecule has 0 amide bonds. The van der Waals surface area contributed by atoms with Crippen LogP contribution in [0.2, 0.25) is 0 Å². The molecule has 1 saturated carbocycles. The summed E-state index contributed by atoms with van der Waals surface area (Å²) in [5.41, 5.74) is 0.417. The van der Waals surface area contributed by atoms with Gasteiger partial charge in [-0.3, -0.25) is 0 Å². The van der Waals surface area contributed by atoms with Crippen molar-refractivity contribution in [1.29, 1.82) is 0 Å².